The van der Waals surface area contributed by atoms with Crippen molar-refractivity contribution < 1.29 is 33.7 Å². The molecule has 1 fully saturated rings. The smallest absolute Gasteiger partial charge is 0.407 e. The third-order valence-corrected chi connectivity index (χ3v) is 7.10. The lowest BCUT2D eigenvalue weighted by Gasteiger charge is -2.37. The molecule has 1 heterocycles. The molecular formula is C26H30N2O7. The standard InChI is InChI=1S/C26H30N2O7/c1-16(33-3)22(23(29)28(2)26(24(30)31)12-13-34-15-26)27-25(32)35-14-21-19-10-6-4-8-17(19)18-9-5-7-11-20(18)21/h4-11,16,21-22H,12-15H2,1-3H3,(H,27,32)(H,30,31)/t16-,22+,26?/m1/s1. The van der Waals surface area contributed by atoms with Gasteiger partial charge in [-0.3, -0.25) is 4.79 Å². The number of benzene rings is 2. The molecule has 186 valence electrons. The van der Waals surface area contributed by atoms with Gasteiger partial charge in [-0.1, -0.05) is 48.5 Å². The molecule has 1 saturated heterocycles. The van der Waals surface area contributed by atoms with Crippen molar-refractivity contribution in [1.82, 2.24) is 10.2 Å². The van der Waals surface area contributed by atoms with Crippen LogP contribution in [0, 0.1) is 0 Å². The van der Waals surface area contributed by atoms with Crippen LogP contribution < -0.4 is 5.32 Å². The Balaban J connectivity index is 1.47. The summed E-state index contributed by atoms with van der Waals surface area (Å²) in [6.45, 7) is 1.82. The van der Waals surface area contributed by atoms with E-state index in [2.05, 4.69) is 5.32 Å². The van der Waals surface area contributed by atoms with Gasteiger partial charge in [0.2, 0.25) is 5.91 Å². The normalized spacial score (nSPS) is 20.4. The highest BCUT2D eigenvalue weighted by atomic mass is 16.5. The van der Waals surface area contributed by atoms with Crippen LogP contribution in [0.15, 0.2) is 48.5 Å². The molecule has 9 heteroatoms. The quantitative estimate of drug-likeness (QED) is 0.594. The van der Waals surface area contributed by atoms with E-state index in [4.69, 9.17) is 14.2 Å². The lowest BCUT2D eigenvalue weighted by molar-refractivity contribution is -0.159. The average molecular weight is 483 g/mol. The summed E-state index contributed by atoms with van der Waals surface area (Å²) < 4.78 is 16.2. The van der Waals surface area contributed by atoms with E-state index in [0.29, 0.717) is 0 Å². The number of nitrogens with zero attached hydrogens (tertiary/aromatic N) is 1. The zero-order valence-corrected chi connectivity index (χ0v) is 20.0. The Morgan fingerprint density at radius 3 is 2.26 bits per heavy atom. The molecule has 1 aliphatic carbocycles. The molecular weight excluding hydrogens is 452 g/mol. The molecule has 3 atom stereocenters. The molecule has 2 aromatic carbocycles. The molecule has 2 amide bonds. The number of hydrogen-bond acceptors (Lipinski definition) is 6. The number of fused-ring (bicyclic) bond motifs is 3. The second-order valence-corrected chi connectivity index (χ2v) is 8.92. The van der Waals surface area contributed by atoms with E-state index in [1.807, 2.05) is 48.5 Å². The lowest BCUT2D eigenvalue weighted by Crippen LogP contribution is -2.62. The number of carboxylic acid groups (broad SMARTS) is 1. The number of rotatable bonds is 8. The van der Waals surface area contributed by atoms with Crippen molar-refractivity contribution in [2.45, 2.75) is 36.9 Å². The molecule has 0 bridgehead atoms. The summed E-state index contributed by atoms with van der Waals surface area (Å²) in [4.78, 5) is 39.3. The van der Waals surface area contributed by atoms with Crippen LogP contribution in [0.5, 0.6) is 0 Å². The van der Waals surface area contributed by atoms with Crippen molar-refractivity contribution in [1.29, 1.82) is 0 Å². The largest absolute Gasteiger partial charge is 0.479 e. The fourth-order valence-corrected chi connectivity index (χ4v) is 4.83. The molecule has 35 heavy (non-hydrogen) atoms. The van der Waals surface area contributed by atoms with Crippen LogP contribution in [0.25, 0.3) is 11.1 Å². The number of ether oxygens (including phenoxy) is 3. The molecule has 0 saturated carbocycles. The molecule has 0 spiro atoms. The number of methoxy groups -OCH3 is 1. The van der Waals surface area contributed by atoms with Crippen LogP contribution in [-0.4, -0.2) is 79.6 Å². The van der Waals surface area contributed by atoms with Gasteiger partial charge >= 0.3 is 12.1 Å². The van der Waals surface area contributed by atoms with E-state index in [1.54, 1.807) is 6.92 Å². The third kappa shape index (κ3) is 4.49. The zero-order valence-electron chi connectivity index (χ0n) is 20.0. The van der Waals surface area contributed by atoms with Crippen LogP contribution >= 0.6 is 0 Å². The van der Waals surface area contributed by atoms with E-state index in [-0.39, 0.29) is 32.2 Å². The van der Waals surface area contributed by atoms with Crippen molar-refractivity contribution in [3.63, 3.8) is 0 Å². The van der Waals surface area contributed by atoms with E-state index in [1.165, 1.54) is 14.2 Å². The lowest BCUT2D eigenvalue weighted by atomic mass is 9.95. The van der Waals surface area contributed by atoms with Gasteiger partial charge in [0.1, 0.15) is 12.6 Å². The van der Waals surface area contributed by atoms with Crippen LogP contribution in [-0.2, 0) is 23.8 Å². The molecule has 4 rings (SSSR count). The topological polar surface area (TPSA) is 114 Å². The molecule has 9 nitrogen and oxygen atoms in total. The monoisotopic (exact) mass is 482 g/mol. The predicted octanol–water partition coefficient (Wildman–Crippen LogP) is 2.63. The van der Waals surface area contributed by atoms with E-state index in [0.717, 1.165) is 27.2 Å². The van der Waals surface area contributed by atoms with Crippen molar-refractivity contribution in [3.8, 4) is 11.1 Å². The zero-order chi connectivity index (χ0) is 25.2. The number of likely N-dealkylation sites (N-methyl/N-ethyl adjacent to an activating group) is 1. The summed E-state index contributed by atoms with van der Waals surface area (Å²) in [5, 5.41) is 12.4. The number of hydrogen-bond donors (Lipinski definition) is 2. The Labute approximate surface area is 204 Å². The number of aliphatic carboxylic acids is 1. The minimum atomic E-state index is -1.49. The summed E-state index contributed by atoms with van der Waals surface area (Å²) >= 11 is 0. The Bertz CT molecular complexity index is 1070. The minimum absolute atomic E-state index is 0.0882. The number of nitrogens with one attached hydrogen (secondary N) is 1. The highest BCUT2D eigenvalue weighted by Crippen LogP contribution is 2.44. The van der Waals surface area contributed by atoms with Crippen molar-refractivity contribution in [3.05, 3.63) is 59.7 Å². The Morgan fingerprint density at radius 1 is 1.14 bits per heavy atom. The van der Waals surface area contributed by atoms with Crippen LogP contribution in [0.1, 0.15) is 30.4 Å². The number of amides is 2. The molecule has 0 aromatic heterocycles. The van der Waals surface area contributed by atoms with Crippen molar-refractivity contribution >= 4 is 18.0 Å². The number of alkyl carbamates (subject to hydrolysis) is 1. The number of carbonyl (C=O) groups is 3. The van der Waals surface area contributed by atoms with Crippen LogP contribution in [0.4, 0.5) is 4.79 Å². The van der Waals surface area contributed by atoms with Gasteiger partial charge in [-0.15, -0.1) is 0 Å². The summed E-state index contributed by atoms with van der Waals surface area (Å²) in [5.41, 5.74) is 2.87. The first-order chi connectivity index (χ1) is 16.8. The maximum atomic E-state index is 13.3. The highest BCUT2D eigenvalue weighted by Gasteiger charge is 2.50. The van der Waals surface area contributed by atoms with Gasteiger partial charge in [-0.05, 0) is 29.2 Å². The van der Waals surface area contributed by atoms with Gasteiger partial charge < -0.3 is 29.5 Å². The highest BCUT2D eigenvalue weighted by molar-refractivity contribution is 5.92. The molecule has 1 unspecified atom stereocenters. The SMILES string of the molecule is CO[C@H](C)[C@H](NC(=O)OCC1c2ccccc2-c2ccccc21)C(=O)N(C)C1(C(=O)O)CCOC1. The van der Waals surface area contributed by atoms with Crippen molar-refractivity contribution in [2.75, 3.05) is 34.0 Å². The summed E-state index contributed by atoms with van der Waals surface area (Å²) in [7, 11) is 2.82. The van der Waals surface area contributed by atoms with Crippen molar-refractivity contribution in [2.24, 2.45) is 0 Å². The summed E-state index contributed by atoms with van der Waals surface area (Å²) in [5.74, 6) is -1.88. The van der Waals surface area contributed by atoms with Crippen LogP contribution in [0.2, 0.25) is 0 Å². The van der Waals surface area contributed by atoms with Gasteiger partial charge in [0.05, 0.1) is 12.7 Å². The van der Waals surface area contributed by atoms with Gasteiger partial charge in [-0.25, -0.2) is 9.59 Å². The first-order valence-electron chi connectivity index (χ1n) is 11.5. The summed E-state index contributed by atoms with van der Waals surface area (Å²) in [6.07, 6.45) is -1.35. The maximum Gasteiger partial charge on any atom is 0.407 e. The molecule has 2 aromatic rings. The molecule has 2 aliphatic rings. The maximum absolute atomic E-state index is 13.3. The van der Waals surface area contributed by atoms with Gasteiger partial charge in [0.15, 0.2) is 5.54 Å². The van der Waals surface area contributed by atoms with Gasteiger partial charge in [-0.2, -0.15) is 0 Å². The molecule has 1 aliphatic heterocycles. The number of carboxylic acids is 1. The van der Waals surface area contributed by atoms with E-state index in [9.17, 15) is 19.5 Å². The number of carbonyl (C=O) groups excluding carboxylic acids is 2. The second kappa shape index (κ2) is 10.1. The van der Waals surface area contributed by atoms with Gasteiger partial charge in [0, 0.05) is 33.1 Å². The van der Waals surface area contributed by atoms with E-state index >= 15 is 0 Å². The Hall–Kier alpha value is -3.43. The average Bonchev–Trinajstić information content (AvgIpc) is 3.49. The van der Waals surface area contributed by atoms with Crippen LogP contribution in [0.3, 0.4) is 0 Å². The fourth-order valence-electron chi connectivity index (χ4n) is 4.83. The second-order valence-electron chi connectivity index (χ2n) is 8.92. The predicted molar refractivity (Wildman–Crippen MR) is 127 cm³/mol. The first kappa shape index (κ1) is 24.7. The van der Waals surface area contributed by atoms with Gasteiger partial charge in [0.25, 0.3) is 0 Å². The Morgan fingerprint density at radius 2 is 1.74 bits per heavy atom. The van der Waals surface area contributed by atoms with E-state index < -0.39 is 35.7 Å². The minimum Gasteiger partial charge on any atom is -0.479 e. The summed E-state index contributed by atoms with van der Waals surface area (Å²) in [6, 6.07) is 14.8. The third-order valence-electron chi connectivity index (χ3n) is 7.10. The fraction of sp³-hybridized carbons (Fsp3) is 0.423. The first-order valence-corrected chi connectivity index (χ1v) is 11.5. The molecule has 0 radical (unpaired) electrons. The Kier molecular flexibility index (Phi) is 7.09. The molecule has 2 N–H and O–H groups in total.